The predicted molar refractivity (Wildman–Crippen MR) is 73.0 cm³/mol. The molecule has 0 heterocycles. The Morgan fingerprint density at radius 1 is 0.923 bits per heavy atom. The van der Waals surface area contributed by atoms with Crippen molar-refractivity contribution < 1.29 is 0 Å². The Morgan fingerprint density at radius 2 is 1.31 bits per heavy atom. The van der Waals surface area contributed by atoms with E-state index in [0.29, 0.717) is 0 Å². The second-order valence-electron chi connectivity index (χ2n) is 5.68. The molecule has 0 rings (SSSR count). The number of hydrogen-bond acceptors (Lipinski definition) is 1. The Bertz CT molecular complexity index is 206. The van der Waals surface area contributed by atoms with E-state index >= 15 is 0 Å². The van der Waals surface area contributed by atoms with Gasteiger partial charge in [0.15, 0.2) is 0 Å². The van der Waals surface area contributed by atoms with Crippen LogP contribution >= 0.6 is 12.6 Å². The highest BCUT2D eigenvalue weighted by Gasteiger charge is 2.26. The molecule has 0 saturated carbocycles. The summed E-state index contributed by atoms with van der Waals surface area (Å²) in [5.74, 6) is 0. The van der Waals surface area contributed by atoms with Crippen LogP contribution in [0, 0.1) is 0 Å². The molecule has 0 radical (unpaired) electrons. The fraction of sp³-hybridized carbons (Fsp3) is 0.800. The van der Waals surface area contributed by atoms with Crippen molar-refractivity contribution >= 4 is 28.8 Å². The Morgan fingerprint density at radius 3 is 1.38 bits per heavy atom. The maximum absolute atomic E-state index is 4.76. The summed E-state index contributed by atoms with van der Waals surface area (Å²) in [7, 11) is -2.30. The standard InChI is InChI=1S/C10H24SSi2/c1-8-9(12(2,3)4)10(11)13(5,6)7/h11H,8H2,1-7H3/b10-9-. The average molecular weight is 233 g/mol. The maximum atomic E-state index is 4.76. The van der Waals surface area contributed by atoms with Crippen LogP contribution in [0.1, 0.15) is 13.3 Å². The molecule has 0 saturated heterocycles. The van der Waals surface area contributed by atoms with Gasteiger partial charge < -0.3 is 0 Å². The van der Waals surface area contributed by atoms with Gasteiger partial charge in [0.25, 0.3) is 0 Å². The summed E-state index contributed by atoms with van der Waals surface area (Å²) < 4.78 is 1.45. The van der Waals surface area contributed by atoms with E-state index in [1.54, 1.807) is 5.20 Å². The van der Waals surface area contributed by atoms with Gasteiger partial charge in [0.05, 0.1) is 16.1 Å². The summed E-state index contributed by atoms with van der Waals surface area (Å²) in [6.07, 6.45) is 1.19. The van der Waals surface area contributed by atoms with E-state index < -0.39 is 16.1 Å². The van der Waals surface area contributed by atoms with E-state index in [0.717, 1.165) is 0 Å². The molecule has 78 valence electrons. The third-order valence-electron chi connectivity index (χ3n) is 2.26. The first-order chi connectivity index (χ1) is 5.60. The van der Waals surface area contributed by atoms with E-state index in [1.807, 2.05) is 0 Å². The van der Waals surface area contributed by atoms with Crippen molar-refractivity contribution in [3.63, 3.8) is 0 Å². The second-order valence-corrected chi connectivity index (χ2v) is 16.7. The Balaban J connectivity index is 5.16. The van der Waals surface area contributed by atoms with Crippen molar-refractivity contribution in [2.75, 3.05) is 0 Å². The topological polar surface area (TPSA) is 0 Å². The SMILES string of the molecule is CC/C(=C(\S)[Si](C)(C)C)[Si](C)(C)C. The quantitative estimate of drug-likeness (QED) is 0.543. The molecule has 0 aromatic carbocycles. The maximum Gasteiger partial charge on any atom is 0.0848 e. The number of hydrogen-bond donors (Lipinski definition) is 1. The summed E-state index contributed by atoms with van der Waals surface area (Å²) in [4.78, 5) is 0. The molecule has 0 aliphatic carbocycles. The predicted octanol–water partition coefficient (Wildman–Crippen LogP) is 4.34. The minimum Gasteiger partial charge on any atom is -0.153 e. The van der Waals surface area contributed by atoms with Gasteiger partial charge in [0, 0.05) is 0 Å². The smallest absolute Gasteiger partial charge is 0.0848 e. The molecule has 0 bridgehead atoms. The van der Waals surface area contributed by atoms with Gasteiger partial charge in [-0.2, -0.15) is 12.6 Å². The molecule has 0 aromatic rings. The van der Waals surface area contributed by atoms with Crippen molar-refractivity contribution in [2.24, 2.45) is 0 Å². The van der Waals surface area contributed by atoms with Gasteiger partial charge in [-0.25, -0.2) is 0 Å². The molecule has 3 heteroatoms. The van der Waals surface area contributed by atoms with Crippen LogP contribution in [0.15, 0.2) is 9.72 Å². The van der Waals surface area contributed by atoms with Gasteiger partial charge in [0.1, 0.15) is 0 Å². The number of allylic oxidation sites excluding steroid dienone is 1. The average Bonchev–Trinajstić information content (AvgIpc) is 1.83. The zero-order chi connectivity index (χ0) is 10.9. The molecular formula is C10H24SSi2. The Hall–Kier alpha value is 0.524. The van der Waals surface area contributed by atoms with Crippen molar-refractivity contribution in [3.05, 3.63) is 9.72 Å². The molecular weight excluding hydrogens is 208 g/mol. The highest BCUT2D eigenvalue weighted by Crippen LogP contribution is 2.29. The van der Waals surface area contributed by atoms with Gasteiger partial charge in [-0.15, -0.1) is 0 Å². The van der Waals surface area contributed by atoms with E-state index in [-0.39, 0.29) is 0 Å². The van der Waals surface area contributed by atoms with Crippen LogP contribution in [0.25, 0.3) is 0 Å². The van der Waals surface area contributed by atoms with Gasteiger partial charge in [-0.3, -0.25) is 0 Å². The highest BCUT2D eigenvalue weighted by atomic mass is 32.1. The monoisotopic (exact) mass is 232 g/mol. The summed E-state index contributed by atoms with van der Waals surface area (Å²) in [5, 5.41) is 1.68. The van der Waals surface area contributed by atoms with E-state index in [2.05, 4.69) is 46.2 Å². The van der Waals surface area contributed by atoms with Gasteiger partial charge in [-0.1, -0.05) is 51.4 Å². The van der Waals surface area contributed by atoms with E-state index in [1.165, 1.54) is 10.9 Å². The van der Waals surface area contributed by atoms with E-state index in [4.69, 9.17) is 12.6 Å². The molecule has 0 unspecified atom stereocenters. The van der Waals surface area contributed by atoms with Gasteiger partial charge >= 0.3 is 0 Å². The Labute approximate surface area is 91.3 Å². The van der Waals surface area contributed by atoms with Crippen LogP contribution < -0.4 is 0 Å². The summed E-state index contributed by atoms with van der Waals surface area (Å²) in [5.41, 5.74) is 0. The minimum atomic E-state index is -1.18. The zero-order valence-electron chi connectivity index (χ0n) is 10.2. The Kier molecular flexibility index (Phi) is 4.54. The van der Waals surface area contributed by atoms with Crippen molar-refractivity contribution in [1.29, 1.82) is 0 Å². The first kappa shape index (κ1) is 13.5. The van der Waals surface area contributed by atoms with Crippen LogP contribution in [-0.4, -0.2) is 16.1 Å². The van der Waals surface area contributed by atoms with E-state index in [9.17, 15) is 0 Å². The minimum absolute atomic E-state index is 1.12. The third kappa shape index (κ3) is 4.04. The van der Waals surface area contributed by atoms with Crippen molar-refractivity contribution in [2.45, 2.75) is 52.6 Å². The lowest BCUT2D eigenvalue weighted by Crippen LogP contribution is -2.31. The third-order valence-corrected chi connectivity index (χ3v) is 9.13. The fourth-order valence-electron chi connectivity index (χ4n) is 1.51. The molecule has 0 spiro atoms. The van der Waals surface area contributed by atoms with Crippen LogP contribution in [0.3, 0.4) is 0 Å². The summed E-state index contributed by atoms with van der Waals surface area (Å²) in [6.45, 7) is 16.7. The lowest BCUT2D eigenvalue weighted by molar-refractivity contribution is 1.17. The molecule has 0 nitrogen and oxygen atoms in total. The van der Waals surface area contributed by atoms with Crippen LogP contribution in [0.2, 0.25) is 39.3 Å². The summed E-state index contributed by atoms with van der Waals surface area (Å²) in [6, 6.07) is 0. The first-order valence-electron chi connectivity index (χ1n) is 5.03. The largest absolute Gasteiger partial charge is 0.153 e. The van der Waals surface area contributed by atoms with Crippen LogP contribution in [0.4, 0.5) is 0 Å². The molecule has 0 aliphatic heterocycles. The molecule has 0 atom stereocenters. The molecule has 0 amide bonds. The highest BCUT2D eigenvalue weighted by molar-refractivity contribution is 7.87. The van der Waals surface area contributed by atoms with Crippen LogP contribution in [0.5, 0.6) is 0 Å². The summed E-state index contributed by atoms with van der Waals surface area (Å²) >= 11 is 4.76. The number of rotatable bonds is 3. The molecule has 13 heavy (non-hydrogen) atoms. The lowest BCUT2D eigenvalue weighted by Gasteiger charge is -2.28. The fourth-order valence-corrected chi connectivity index (χ4v) is 7.77. The zero-order valence-corrected chi connectivity index (χ0v) is 13.0. The molecule has 0 N–H and O–H groups in total. The second kappa shape index (κ2) is 4.36. The van der Waals surface area contributed by atoms with Gasteiger partial charge in [0.2, 0.25) is 0 Å². The van der Waals surface area contributed by atoms with Crippen molar-refractivity contribution in [1.82, 2.24) is 0 Å². The van der Waals surface area contributed by atoms with Crippen LogP contribution in [-0.2, 0) is 0 Å². The normalized spacial score (nSPS) is 15.7. The van der Waals surface area contributed by atoms with Crippen molar-refractivity contribution in [3.8, 4) is 0 Å². The lowest BCUT2D eigenvalue weighted by atomic mass is 10.5. The molecule has 0 aromatic heterocycles. The molecule has 0 aliphatic rings. The first-order valence-corrected chi connectivity index (χ1v) is 12.5. The number of thiol groups is 1. The molecule has 0 fully saturated rings. The van der Waals surface area contributed by atoms with Gasteiger partial charge in [-0.05, 0) is 10.9 Å².